The number of carbonyl (C=O) groups excluding carboxylic acids is 1. The maximum absolute atomic E-state index is 12.3. The molecule has 1 aliphatic heterocycles. The second kappa shape index (κ2) is 8.42. The van der Waals surface area contributed by atoms with Crippen LogP contribution in [0.25, 0.3) is 10.8 Å². The van der Waals surface area contributed by atoms with E-state index in [0.717, 1.165) is 37.5 Å². The van der Waals surface area contributed by atoms with E-state index in [1.807, 2.05) is 17.0 Å². The molecule has 0 spiro atoms. The molecule has 1 aliphatic rings. The van der Waals surface area contributed by atoms with E-state index in [4.69, 9.17) is 0 Å². The molecule has 0 bridgehead atoms. The molecule has 0 radical (unpaired) electrons. The van der Waals surface area contributed by atoms with Crippen LogP contribution in [0.1, 0.15) is 6.42 Å². The number of nitrogens with zero attached hydrogens (tertiary/aromatic N) is 1. The molecular weight excluding hydrogens is 316 g/mol. The fourth-order valence-electron chi connectivity index (χ4n) is 2.59. The van der Waals surface area contributed by atoms with Crippen molar-refractivity contribution in [3.8, 4) is 0 Å². The average Bonchev–Trinajstić information content (AvgIpc) is 2.81. The zero-order valence-corrected chi connectivity index (χ0v) is 14.1. The van der Waals surface area contributed by atoms with E-state index in [-0.39, 0.29) is 18.3 Å². The highest BCUT2D eigenvalue weighted by Crippen LogP contribution is 2.23. The van der Waals surface area contributed by atoms with Crippen LogP contribution in [0.4, 0.5) is 0 Å². The standard InChI is InChI=1S/C17H20N2OS.ClH/c20-17(19-10-3-8-18-9-11-19)13-21-16-7-6-14-4-1-2-5-15(14)12-16;/h1-2,4-7,12,18H,3,8-11,13H2;1H. The molecule has 3 rings (SSSR count). The summed E-state index contributed by atoms with van der Waals surface area (Å²) in [5, 5.41) is 5.80. The van der Waals surface area contributed by atoms with Crippen molar-refractivity contribution in [2.24, 2.45) is 0 Å². The summed E-state index contributed by atoms with van der Waals surface area (Å²) in [5.41, 5.74) is 0. The van der Waals surface area contributed by atoms with Gasteiger partial charge in [-0.05, 0) is 35.9 Å². The predicted octanol–water partition coefficient (Wildman–Crippen LogP) is 3.18. The third-order valence-electron chi connectivity index (χ3n) is 3.78. The first-order valence-corrected chi connectivity index (χ1v) is 8.41. The Labute approximate surface area is 141 Å². The highest BCUT2D eigenvalue weighted by molar-refractivity contribution is 8.00. The minimum absolute atomic E-state index is 0. The lowest BCUT2D eigenvalue weighted by molar-refractivity contribution is -0.128. The molecule has 1 heterocycles. The highest BCUT2D eigenvalue weighted by Gasteiger charge is 2.15. The van der Waals surface area contributed by atoms with Gasteiger partial charge in [-0.3, -0.25) is 4.79 Å². The molecule has 0 aliphatic carbocycles. The summed E-state index contributed by atoms with van der Waals surface area (Å²) in [4.78, 5) is 15.4. The fraction of sp³-hybridized carbons (Fsp3) is 0.353. The summed E-state index contributed by atoms with van der Waals surface area (Å²) in [6, 6.07) is 14.7. The normalized spacial score (nSPS) is 15.2. The fourth-order valence-corrected chi connectivity index (χ4v) is 3.44. The SMILES string of the molecule is Cl.O=C(CSc1ccc2ccccc2c1)N1CCCNCC1. The van der Waals surface area contributed by atoms with Crippen LogP contribution >= 0.6 is 24.2 Å². The third kappa shape index (κ3) is 4.38. The number of rotatable bonds is 3. The van der Waals surface area contributed by atoms with E-state index in [1.165, 1.54) is 10.8 Å². The van der Waals surface area contributed by atoms with Gasteiger partial charge in [0.25, 0.3) is 0 Å². The van der Waals surface area contributed by atoms with Gasteiger partial charge in [-0.25, -0.2) is 0 Å². The van der Waals surface area contributed by atoms with E-state index < -0.39 is 0 Å². The Morgan fingerprint density at radius 1 is 1.09 bits per heavy atom. The molecule has 5 heteroatoms. The van der Waals surface area contributed by atoms with Gasteiger partial charge in [-0.1, -0.05) is 30.3 Å². The minimum atomic E-state index is 0. The van der Waals surface area contributed by atoms with Crippen molar-refractivity contribution in [1.82, 2.24) is 10.2 Å². The molecule has 2 aromatic carbocycles. The van der Waals surface area contributed by atoms with Gasteiger partial charge in [0, 0.05) is 24.5 Å². The molecular formula is C17H21ClN2OS. The first kappa shape index (κ1) is 17.1. The number of fused-ring (bicyclic) bond motifs is 1. The maximum atomic E-state index is 12.3. The summed E-state index contributed by atoms with van der Waals surface area (Å²) < 4.78 is 0. The number of carbonyl (C=O) groups is 1. The summed E-state index contributed by atoms with van der Waals surface area (Å²) in [6.45, 7) is 3.63. The van der Waals surface area contributed by atoms with Crippen LogP contribution in [-0.4, -0.2) is 42.7 Å². The largest absolute Gasteiger partial charge is 0.341 e. The Bertz CT molecular complexity index is 627. The van der Waals surface area contributed by atoms with Crippen molar-refractivity contribution in [1.29, 1.82) is 0 Å². The van der Waals surface area contributed by atoms with Gasteiger partial charge in [-0.15, -0.1) is 24.2 Å². The number of amides is 1. The Morgan fingerprint density at radius 3 is 2.77 bits per heavy atom. The number of hydrogen-bond donors (Lipinski definition) is 1. The van der Waals surface area contributed by atoms with Crippen LogP contribution in [-0.2, 0) is 4.79 Å². The number of thioether (sulfide) groups is 1. The van der Waals surface area contributed by atoms with Crippen molar-refractivity contribution in [3.05, 3.63) is 42.5 Å². The molecule has 0 aromatic heterocycles. The van der Waals surface area contributed by atoms with Crippen molar-refractivity contribution in [3.63, 3.8) is 0 Å². The van der Waals surface area contributed by atoms with Crippen LogP contribution < -0.4 is 5.32 Å². The van der Waals surface area contributed by atoms with Gasteiger partial charge in [0.15, 0.2) is 0 Å². The van der Waals surface area contributed by atoms with Crippen LogP contribution in [0, 0.1) is 0 Å². The monoisotopic (exact) mass is 336 g/mol. The van der Waals surface area contributed by atoms with Gasteiger partial charge in [-0.2, -0.15) is 0 Å². The van der Waals surface area contributed by atoms with Gasteiger partial charge in [0.1, 0.15) is 0 Å². The summed E-state index contributed by atoms with van der Waals surface area (Å²) in [7, 11) is 0. The molecule has 22 heavy (non-hydrogen) atoms. The molecule has 1 saturated heterocycles. The first-order valence-electron chi connectivity index (χ1n) is 7.43. The quantitative estimate of drug-likeness (QED) is 0.874. The van der Waals surface area contributed by atoms with Crippen LogP contribution in [0.3, 0.4) is 0 Å². The Kier molecular flexibility index (Phi) is 6.55. The van der Waals surface area contributed by atoms with Crippen molar-refractivity contribution in [2.75, 3.05) is 31.9 Å². The highest BCUT2D eigenvalue weighted by atomic mass is 35.5. The van der Waals surface area contributed by atoms with Crippen LogP contribution in [0.5, 0.6) is 0 Å². The van der Waals surface area contributed by atoms with E-state index >= 15 is 0 Å². The van der Waals surface area contributed by atoms with Gasteiger partial charge >= 0.3 is 0 Å². The summed E-state index contributed by atoms with van der Waals surface area (Å²) in [6.07, 6.45) is 1.05. The lowest BCUT2D eigenvalue weighted by Crippen LogP contribution is -2.35. The molecule has 0 atom stereocenters. The van der Waals surface area contributed by atoms with E-state index in [0.29, 0.717) is 5.75 Å². The van der Waals surface area contributed by atoms with Crippen LogP contribution in [0.15, 0.2) is 47.4 Å². The molecule has 1 fully saturated rings. The van der Waals surface area contributed by atoms with E-state index in [1.54, 1.807) is 11.8 Å². The van der Waals surface area contributed by atoms with Gasteiger partial charge in [0.05, 0.1) is 5.75 Å². The Morgan fingerprint density at radius 2 is 1.91 bits per heavy atom. The number of halogens is 1. The Balaban J connectivity index is 0.00000176. The summed E-state index contributed by atoms with van der Waals surface area (Å²) in [5.74, 6) is 0.773. The van der Waals surface area contributed by atoms with Gasteiger partial charge < -0.3 is 10.2 Å². The maximum Gasteiger partial charge on any atom is 0.232 e. The van der Waals surface area contributed by atoms with E-state index in [2.05, 4.69) is 35.6 Å². The van der Waals surface area contributed by atoms with Gasteiger partial charge in [0.2, 0.25) is 5.91 Å². The molecule has 1 N–H and O–H groups in total. The lowest BCUT2D eigenvalue weighted by Gasteiger charge is -2.19. The second-order valence-corrected chi connectivity index (χ2v) is 6.33. The smallest absolute Gasteiger partial charge is 0.232 e. The van der Waals surface area contributed by atoms with Crippen molar-refractivity contribution < 1.29 is 4.79 Å². The topological polar surface area (TPSA) is 32.3 Å². The molecule has 118 valence electrons. The molecule has 0 unspecified atom stereocenters. The average molecular weight is 337 g/mol. The van der Waals surface area contributed by atoms with Crippen molar-refractivity contribution in [2.45, 2.75) is 11.3 Å². The third-order valence-corrected chi connectivity index (χ3v) is 4.75. The lowest BCUT2D eigenvalue weighted by atomic mass is 10.1. The van der Waals surface area contributed by atoms with E-state index in [9.17, 15) is 4.79 Å². The predicted molar refractivity (Wildman–Crippen MR) is 96.0 cm³/mol. The van der Waals surface area contributed by atoms with Crippen LogP contribution in [0.2, 0.25) is 0 Å². The Hall–Kier alpha value is -1.23. The molecule has 2 aromatic rings. The molecule has 0 saturated carbocycles. The zero-order chi connectivity index (χ0) is 14.5. The molecule has 1 amide bonds. The zero-order valence-electron chi connectivity index (χ0n) is 12.5. The minimum Gasteiger partial charge on any atom is -0.341 e. The second-order valence-electron chi connectivity index (χ2n) is 5.28. The number of nitrogens with one attached hydrogen (secondary N) is 1. The van der Waals surface area contributed by atoms with Crippen molar-refractivity contribution >= 4 is 40.8 Å². The number of benzene rings is 2. The molecule has 3 nitrogen and oxygen atoms in total. The summed E-state index contributed by atoms with van der Waals surface area (Å²) >= 11 is 1.63. The first-order chi connectivity index (χ1) is 10.3. The number of hydrogen-bond acceptors (Lipinski definition) is 3.